The highest BCUT2D eigenvalue weighted by Gasteiger charge is 2.03. The van der Waals surface area contributed by atoms with E-state index in [1.807, 2.05) is 0 Å². The summed E-state index contributed by atoms with van der Waals surface area (Å²) >= 11 is 0. The van der Waals surface area contributed by atoms with Gasteiger partial charge in [0.25, 0.3) is 5.89 Å². The highest BCUT2D eigenvalue weighted by Crippen LogP contribution is 2.15. The summed E-state index contributed by atoms with van der Waals surface area (Å²) in [7, 11) is 0. The third-order valence-electron chi connectivity index (χ3n) is 1.40. The van der Waals surface area contributed by atoms with Crippen LogP contribution in [0.4, 0.5) is 4.39 Å². The summed E-state index contributed by atoms with van der Waals surface area (Å²) in [6, 6.07) is 5.93. The lowest BCUT2D eigenvalue weighted by Crippen LogP contribution is -1.78. The van der Waals surface area contributed by atoms with Crippen molar-refractivity contribution in [1.82, 2.24) is 10.1 Å². The average molecular weight is 163 g/mol. The predicted molar refractivity (Wildman–Crippen MR) is 38.5 cm³/mol. The summed E-state index contributed by atoms with van der Waals surface area (Å²) in [5.41, 5.74) is 0.559. The SMILES string of the molecule is Fc1cccc(-c2n[c]no2)c1. The van der Waals surface area contributed by atoms with Gasteiger partial charge in [0.2, 0.25) is 6.33 Å². The minimum atomic E-state index is -0.328. The molecule has 1 aromatic carbocycles. The molecule has 3 nitrogen and oxygen atoms in total. The molecular weight excluding hydrogens is 159 g/mol. The second-order valence-electron chi connectivity index (χ2n) is 2.21. The van der Waals surface area contributed by atoms with Crippen molar-refractivity contribution in [1.29, 1.82) is 0 Å². The van der Waals surface area contributed by atoms with Crippen molar-refractivity contribution in [3.05, 3.63) is 36.4 Å². The number of halogens is 1. The summed E-state index contributed by atoms with van der Waals surface area (Å²) in [5.74, 6) is -0.0554. The molecule has 0 N–H and O–H groups in total. The fourth-order valence-electron chi connectivity index (χ4n) is 0.889. The molecule has 1 radical (unpaired) electrons. The normalized spacial score (nSPS) is 10.1. The lowest BCUT2D eigenvalue weighted by atomic mass is 10.2. The predicted octanol–water partition coefficient (Wildman–Crippen LogP) is 1.68. The molecule has 0 saturated heterocycles. The molecular formula is C8H4FN2O. The van der Waals surface area contributed by atoms with E-state index in [0.29, 0.717) is 5.56 Å². The van der Waals surface area contributed by atoms with Crippen LogP contribution in [0.25, 0.3) is 11.5 Å². The van der Waals surface area contributed by atoms with Gasteiger partial charge in [-0.3, -0.25) is 0 Å². The van der Waals surface area contributed by atoms with Gasteiger partial charge in [0.05, 0.1) is 0 Å². The zero-order valence-electron chi connectivity index (χ0n) is 5.99. The molecule has 0 aliphatic rings. The standard InChI is InChI=1S/C8H4FN2O/c9-7-3-1-2-6(4-7)8-10-5-11-12-8/h1-4H. The molecule has 12 heavy (non-hydrogen) atoms. The number of benzene rings is 1. The van der Waals surface area contributed by atoms with Gasteiger partial charge >= 0.3 is 0 Å². The molecule has 0 amide bonds. The van der Waals surface area contributed by atoms with Gasteiger partial charge in [-0.1, -0.05) is 11.2 Å². The van der Waals surface area contributed by atoms with Crippen molar-refractivity contribution in [2.24, 2.45) is 0 Å². The van der Waals surface area contributed by atoms with Gasteiger partial charge in [-0.15, -0.1) is 0 Å². The van der Waals surface area contributed by atoms with E-state index in [1.54, 1.807) is 12.1 Å². The Morgan fingerprint density at radius 1 is 1.42 bits per heavy atom. The van der Waals surface area contributed by atoms with Crippen LogP contribution >= 0.6 is 0 Å². The zero-order chi connectivity index (χ0) is 8.39. The molecule has 0 bridgehead atoms. The van der Waals surface area contributed by atoms with E-state index < -0.39 is 0 Å². The van der Waals surface area contributed by atoms with Crippen LogP contribution in [-0.2, 0) is 0 Å². The first kappa shape index (κ1) is 6.97. The van der Waals surface area contributed by atoms with Crippen LogP contribution in [0.15, 0.2) is 28.8 Å². The molecule has 0 atom stereocenters. The third-order valence-corrected chi connectivity index (χ3v) is 1.40. The first-order valence-electron chi connectivity index (χ1n) is 3.32. The zero-order valence-corrected chi connectivity index (χ0v) is 5.99. The highest BCUT2D eigenvalue weighted by molar-refractivity contribution is 5.51. The lowest BCUT2D eigenvalue weighted by Gasteiger charge is -1.92. The quantitative estimate of drug-likeness (QED) is 0.641. The number of aromatic nitrogens is 2. The van der Waals surface area contributed by atoms with Gasteiger partial charge in [-0.2, -0.15) is 4.98 Å². The van der Waals surface area contributed by atoms with E-state index in [1.165, 1.54) is 12.1 Å². The number of nitrogens with zero attached hydrogens (tertiary/aromatic N) is 2. The Hall–Kier alpha value is -1.71. The van der Waals surface area contributed by atoms with Gasteiger partial charge in [0, 0.05) is 5.56 Å². The fraction of sp³-hybridized carbons (Fsp3) is 0. The Bertz CT molecular complexity index is 372. The van der Waals surface area contributed by atoms with Crippen molar-refractivity contribution in [3.63, 3.8) is 0 Å². The second-order valence-corrected chi connectivity index (χ2v) is 2.21. The minimum absolute atomic E-state index is 0.273. The lowest BCUT2D eigenvalue weighted by molar-refractivity contribution is 0.428. The van der Waals surface area contributed by atoms with E-state index >= 15 is 0 Å². The largest absolute Gasteiger partial charge is 0.333 e. The summed E-state index contributed by atoms with van der Waals surface area (Å²) in [5, 5.41) is 3.29. The summed E-state index contributed by atoms with van der Waals surface area (Å²) in [6.07, 6.45) is 2.26. The Labute approximate surface area is 67.8 Å². The second kappa shape index (κ2) is 2.73. The van der Waals surface area contributed by atoms with Gasteiger partial charge < -0.3 is 4.52 Å². The first-order valence-corrected chi connectivity index (χ1v) is 3.32. The molecule has 1 heterocycles. The van der Waals surface area contributed by atoms with Gasteiger partial charge in [0.1, 0.15) is 5.82 Å². The van der Waals surface area contributed by atoms with Crippen molar-refractivity contribution < 1.29 is 8.91 Å². The Morgan fingerprint density at radius 3 is 3.00 bits per heavy atom. The molecule has 0 fully saturated rings. The fourth-order valence-corrected chi connectivity index (χ4v) is 0.889. The van der Waals surface area contributed by atoms with Gasteiger partial charge in [-0.05, 0) is 18.2 Å². The maximum atomic E-state index is 12.7. The smallest absolute Gasteiger partial charge is 0.258 e. The van der Waals surface area contributed by atoms with Crippen LogP contribution in [0.1, 0.15) is 0 Å². The number of rotatable bonds is 1. The van der Waals surface area contributed by atoms with E-state index in [-0.39, 0.29) is 11.7 Å². The summed E-state index contributed by atoms with van der Waals surface area (Å²) in [4.78, 5) is 3.66. The summed E-state index contributed by atoms with van der Waals surface area (Å²) < 4.78 is 17.4. The molecule has 0 aliphatic carbocycles. The molecule has 0 unspecified atom stereocenters. The van der Waals surface area contributed by atoms with E-state index in [2.05, 4.69) is 16.5 Å². The van der Waals surface area contributed by atoms with E-state index in [4.69, 9.17) is 4.52 Å². The van der Waals surface area contributed by atoms with Crippen LogP contribution in [-0.4, -0.2) is 10.1 Å². The molecule has 1 aromatic heterocycles. The van der Waals surface area contributed by atoms with Crippen LogP contribution in [0.5, 0.6) is 0 Å². The molecule has 0 saturated carbocycles. The number of hydrogen-bond donors (Lipinski definition) is 0. The van der Waals surface area contributed by atoms with Crippen molar-refractivity contribution in [2.75, 3.05) is 0 Å². The molecule has 2 rings (SSSR count). The molecule has 59 valence electrons. The monoisotopic (exact) mass is 163 g/mol. The average Bonchev–Trinajstić information content (AvgIpc) is 2.56. The maximum absolute atomic E-state index is 12.7. The Balaban J connectivity index is 2.48. The van der Waals surface area contributed by atoms with E-state index in [9.17, 15) is 4.39 Å². The maximum Gasteiger partial charge on any atom is 0.258 e. The first-order chi connectivity index (χ1) is 5.86. The van der Waals surface area contributed by atoms with Crippen LogP contribution in [0, 0.1) is 12.1 Å². The van der Waals surface area contributed by atoms with Gasteiger partial charge in [-0.25, -0.2) is 4.39 Å². The molecule has 2 aromatic rings. The Kier molecular flexibility index (Phi) is 1.59. The Morgan fingerprint density at radius 2 is 2.33 bits per heavy atom. The van der Waals surface area contributed by atoms with Crippen LogP contribution < -0.4 is 0 Å². The third kappa shape index (κ3) is 1.18. The van der Waals surface area contributed by atoms with Crippen LogP contribution in [0.2, 0.25) is 0 Å². The van der Waals surface area contributed by atoms with Gasteiger partial charge in [0.15, 0.2) is 0 Å². The van der Waals surface area contributed by atoms with Crippen molar-refractivity contribution >= 4 is 0 Å². The minimum Gasteiger partial charge on any atom is -0.333 e. The molecule has 0 spiro atoms. The summed E-state index contributed by atoms with van der Waals surface area (Å²) in [6.45, 7) is 0. The van der Waals surface area contributed by atoms with Crippen molar-refractivity contribution in [2.45, 2.75) is 0 Å². The topological polar surface area (TPSA) is 38.9 Å². The molecule has 0 aliphatic heterocycles. The van der Waals surface area contributed by atoms with E-state index in [0.717, 1.165) is 0 Å². The van der Waals surface area contributed by atoms with Crippen molar-refractivity contribution in [3.8, 4) is 11.5 Å². The highest BCUT2D eigenvalue weighted by atomic mass is 19.1. The molecule has 4 heteroatoms. The van der Waals surface area contributed by atoms with Crippen LogP contribution in [0.3, 0.4) is 0 Å². The number of hydrogen-bond acceptors (Lipinski definition) is 3.